The van der Waals surface area contributed by atoms with Crippen molar-refractivity contribution in [2.24, 2.45) is 0 Å². The quantitative estimate of drug-likeness (QED) is 0.515. The Morgan fingerprint density at radius 3 is 2.00 bits per heavy atom. The van der Waals surface area contributed by atoms with Gasteiger partial charge in [-0.3, -0.25) is 0 Å². The molecule has 7 heavy (non-hydrogen) atoms. The van der Waals surface area contributed by atoms with Gasteiger partial charge in [0.1, 0.15) is 0 Å². The van der Waals surface area contributed by atoms with Crippen molar-refractivity contribution >= 4 is 0 Å². The van der Waals surface area contributed by atoms with Gasteiger partial charge < -0.3 is 10.2 Å². The van der Waals surface area contributed by atoms with Crippen LogP contribution in [0.1, 0.15) is 6.42 Å². The standard InChI is InChI=1S/C4H8FO2/c1-3(6)2-4(5)7/h3-4,6-7H,1-2H2. The van der Waals surface area contributed by atoms with Crippen LogP contribution in [-0.4, -0.2) is 22.7 Å². The van der Waals surface area contributed by atoms with E-state index in [0.29, 0.717) is 0 Å². The highest BCUT2D eigenvalue weighted by molar-refractivity contribution is 4.56. The first-order valence-corrected chi connectivity index (χ1v) is 1.96. The third-order valence-corrected chi connectivity index (χ3v) is 0.467. The maximum Gasteiger partial charge on any atom is 0.198 e. The van der Waals surface area contributed by atoms with E-state index in [4.69, 9.17) is 10.2 Å². The summed E-state index contributed by atoms with van der Waals surface area (Å²) < 4.78 is 11.3. The van der Waals surface area contributed by atoms with Crippen molar-refractivity contribution in [2.75, 3.05) is 0 Å². The van der Waals surface area contributed by atoms with Crippen LogP contribution in [0.3, 0.4) is 0 Å². The molecule has 0 heterocycles. The van der Waals surface area contributed by atoms with E-state index in [0.717, 1.165) is 0 Å². The van der Waals surface area contributed by atoms with Crippen LogP contribution in [0, 0.1) is 6.92 Å². The summed E-state index contributed by atoms with van der Waals surface area (Å²) in [6, 6.07) is 0. The van der Waals surface area contributed by atoms with Gasteiger partial charge in [0, 0.05) is 6.42 Å². The van der Waals surface area contributed by atoms with Gasteiger partial charge in [-0.15, -0.1) is 0 Å². The summed E-state index contributed by atoms with van der Waals surface area (Å²) in [5, 5.41) is 16.1. The fraction of sp³-hybridized carbons (Fsp3) is 0.750. The molecule has 0 amide bonds. The first-order chi connectivity index (χ1) is 3.13. The van der Waals surface area contributed by atoms with Gasteiger partial charge in [-0.25, -0.2) is 4.39 Å². The minimum atomic E-state index is -1.94. The van der Waals surface area contributed by atoms with E-state index in [2.05, 4.69) is 6.92 Å². The second-order valence-electron chi connectivity index (χ2n) is 1.32. The lowest BCUT2D eigenvalue weighted by molar-refractivity contribution is 0.00565. The molecule has 0 saturated carbocycles. The number of hydrogen-bond acceptors (Lipinski definition) is 2. The monoisotopic (exact) mass is 107 g/mol. The molecule has 0 spiro atoms. The fourth-order valence-corrected chi connectivity index (χ4v) is 0.225. The van der Waals surface area contributed by atoms with Crippen LogP contribution in [0.15, 0.2) is 0 Å². The zero-order valence-corrected chi connectivity index (χ0v) is 3.84. The zero-order chi connectivity index (χ0) is 5.86. The van der Waals surface area contributed by atoms with Crippen molar-refractivity contribution in [3.8, 4) is 0 Å². The molecule has 0 aromatic heterocycles. The van der Waals surface area contributed by atoms with Crippen molar-refractivity contribution < 1.29 is 14.6 Å². The summed E-state index contributed by atoms with van der Waals surface area (Å²) >= 11 is 0. The molecule has 0 aromatic rings. The minimum Gasteiger partial charge on any atom is -0.393 e. The lowest BCUT2D eigenvalue weighted by Crippen LogP contribution is -2.09. The molecule has 0 saturated heterocycles. The highest BCUT2D eigenvalue weighted by Crippen LogP contribution is 1.95. The van der Waals surface area contributed by atoms with Crippen LogP contribution in [0.4, 0.5) is 4.39 Å². The Labute approximate surface area is 41.6 Å². The summed E-state index contributed by atoms with van der Waals surface area (Å²) in [5.74, 6) is 0. The third kappa shape index (κ3) is 5.85. The molecule has 1 radical (unpaired) electrons. The highest BCUT2D eigenvalue weighted by Gasteiger charge is 2.02. The Balaban J connectivity index is 2.95. The maximum absolute atomic E-state index is 11.3. The molecular weight excluding hydrogens is 99.0 g/mol. The topological polar surface area (TPSA) is 40.5 Å². The molecule has 2 N–H and O–H groups in total. The average Bonchev–Trinajstić information content (AvgIpc) is 1.27. The average molecular weight is 107 g/mol. The van der Waals surface area contributed by atoms with E-state index in [1.807, 2.05) is 0 Å². The van der Waals surface area contributed by atoms with Crippen molar-refractivity contribution in [3.63, 3.8) is 0 Å². The number of aliphatic hydroxyl groups excluding tert-OH is 2. The number of hydrogen-bond donors (Lipinski definition) is 2. The molecule has 0 aliphatic heterocycles. The van der Waals surface area contributed by atoms with Gasteiger partial charge in [-0.1, -0.05) is 0 Å². The first-order valence-electron chi connectivity index (χ1n) is 1.96. The van der Waals surface area contributed by atoms with Crippen molar-refractivity contribution in [1.29, 1.82) is 0 Å². The Bertz CT molecular complexity index is 39.0. The van der Waals surface area contributed by atoms with Crippen molar-refractivity contribution in [3.05, 3.63) is 6.92 Å². The molecular formula is C4H8FO2. The maximum atomic E-state index is 11.3. The van der Waals surface area contributed by atoms with E-state index >= 15 is 0 Å². The van der Waals surface area contributed by atoms with Gasteiger partial charge in [0.25, 0.3) is 0 Å². The predicted molar refractivity (Wildman–Crippen MR) is 23.1 cm³/mol. The summed E-state index contributed by atoms with van der Waals surface area (Å²) in [4.78, 5) is 0. The first kappa shape index (κ1) is 6.85. The summed E-state index contributed by atoms with van der Waals surface area (Å²) in [6.45, 7) is 3.03. The van der Waals surface area contributed by atoms with Crippen LogP contribution in [-0.2, 0) is 0 Å². The van der Waals surface area contributed by atoms with Crippen LogP contribution >= 0.6 is 0 Å². The molecule has 2 nitrogen and oxygen atoms in total. The van der Waals surface area contributed by atoms with E-state index in [1.54, 1.807) is 0 Å². The van der Waals surface area contributed by atoms with Gasteiger partial charge >= 0.3 is 0 Å². The second kappa shape index (κ2) is 2.93. The van der Waals surface area contributed by atoms with E-state index in [9.17, 15) is 4.39 Å². The second-order valence-corrected chi connectivity index (χ2v) is 1.32. The van der Waals surface area contributed by atoms with Crippen LogP contribution in [0.5, 0.6) is 0 Å². The third-order valence-electron chi connectivity index (χ3n) is 0.467. The molecule has 0 aliphatic rings. The Morgan fingerprint density at radius 1 is 1.57 bits per heavy atom. The van der Waals surface area contributed by atoms with Crippen molar-refractivity contribution in [2.45, 2.75) is 18.9 Å². The van der Waals surface area contributed by atoms with Gasteiger partial charge in [-0.05, 0) is 6.92 Å². The molecule has 2 atom stereocenters. The normalized spacial score (nSPS) is 18.9. The SMILES string of the molecule is [CH2]C(O)CC(O)F. The predicted octanol–water partition coefficient (Wildman–Crippen LogP) is -0.141. The molecule has 0 fully saturated rings. The summed E-state index contributed by atoms with van der Waals surface area (Å²) in [5.41, 5.74) is 0. The molecule has 0 rings (SSSR count). The zero-order valence-electron chi connectivity index (χ0n) is 3.84. The molecule has 0 aromatic carbocycles. The van der Waals surface area contributed by atoms with E-state index in [-0.39, 0.29) is 6.42 Å². The molecule has 0 bridgehead atoms. The van der Waals surface area contributed by atoms with Gasteiger partial charge in [-0.2, -0.15) is 0 Å². The van der Waals surface area contributed by atoms with Crippen LogP contribution < -0.4 is 0 Å². The summed E-state index contributed by atoms with van der Waals surface area (Å²) in [6.07, 6.45) is -3.24. The summed E-state index contributed by atoms with van der Waals surface area (Å²) in [7, 11) is 0. The molecule has 3 heteroatoms. The van der Waals surface area contributed by atoms with Crippen molar-refractivity contribution in [1.82, 2.24) is 0 Å². The largest absolute Gasteiger partial charge is 0.393 e. The number of halogens is 1. The van der Waals surface area contributed by atoms with Crippen LogP contribution in [0.2, 0.25) is 0 Å². The minimum absolute atomic E-state index is 0.306. The Kier molecular flexibility index (Phi) is 2.87. The van der Waals surface area contributed by atoms with Gasteiger partial charge in [0.2, 0.25) is 0 Å². The lowest BCUT2D eigenvalue weighted by atomic mass is 10.3. The fourth-order valence-electron chi connectivity index (χ4n) is 0.225. The van der Waals surface area contributed by atoms with Crippen LogP contribution in [0.25, 0.3) is 0 Å². The number of aliphatic hydroxyl groups is 2. The number of rotatable bonds is 2. The molecule has 43 valence electrons. The Hall–Kier alpha value is -0.150. The highest BCUT2D eigenvalue weighted by atomic mass is 19.1. The van der Waals surface area contributed by atoms with E-state index in [1.165, 1.54) is 0 Å². The molecule has 0 aliphatic carbocycles. The molecule has 2 unspecified atom stereocenters. The number of alkyl halides is 1. The Morgan fingerprint density at radius 2 is 2.00 bits per heavy atom. The van der Waals surface area contributed by atoms with Gasteiger partial charge in [0.15, 0.2) is 6.36 Å². The lowest BCUT2D eigenvalue weighted by Gasteiger charge is -2.00. The van der Waals surface area contributed by atoms with E-state index < -0.39 is 12.5 Å². The smallest absolute Gasteiger partial charge is 0.198 e. The van der Waals surface area contributed by atoms with Gasteiger partial charge in [0.05, 0.1) is 6.10 Å².